The summed E-state index contributed by atoms with van der Waals surface area (Å²) in [6, 6.07) is 10.0. The monoisotopic (exact) mass is 682 g/mol. The Morgan fingerprint density at radius 3 is 2.58 bits per heavy atom. The van der Waals surface area contributed by atoms with E-state index < -0.39 is 36.5 Å². The lowest BCUT2D eigenvalue weighted by Crippen LogP contribution is -2.39. The molecule has 0 bridgehead atoms. The van der Waals surface area contributed by atoms with E-state index >= 15 is 8.78 Å². The van der Waals surface area contributed by atoms with Crippen LogP contribution in [0.2, 0.25) is 5.02 Å². The van der Waals surface area contributed by atoms with Gasteiger partial charge in [0, 0.05) is 35.7 Å². The number of piperidine rings is 1. The minimum absolute atomic E-state index is 0.0272. The van der Waals surface area contributed by atoms with Crippen LogP contribution in [0, 0.1) is 5.92 Å². The molecule has 0 radical (unpaired) electrons. The number of ether oxygens (including phenoxy) is 2. The van der Waals surface area contributed by atoms with Gasteiger partial charge >= 0.3 is 11.9 Å². The highest BCUT2D eigenvalue weighted by Gasteiger charge is 2.43. The van der Waals surface area contributed by atoms with E-state index in [4.69, 9.17) is 26.2 Å². The molecule has 2 N–H and O–H groups in total. The van der Waals surface area contributed by atoms with E-state index in [0.717, 1.165) is 4.57 Å². The van der Waals surface area contributed by atoms with Crippen molar-refractivity contribution in [1.29, 1.82) is 0 Å². The van der Waals surface area contributed by atoms with Crippen LogP contribution in [0.15, 0.2) is 40.9 Å². The van der Waals surface area contributed by atoms with Crippen LogP contribution in [0.5, 0.6) is 5.75 Å². The molecule has 10 nitrogen and oxygen atoms in total. The number of aliphatic hydroxyl groups excluding tert-OH is 1. The summed E-state index contributed by atoms with van der Waals surface area (Å²) in [7, 11) is 0. The van der Waals surface area contributed by atoms with Crippen molar-refractivity contribution < 1.29 is 38.1 Å². The van der Waals surface area contributed by atoms with Crippen LogP contribution in [0.3, 0.4) is 0 Å². The molecule has 14 heteroatoms. The Balaban J connectivity index is 1.59. The van der Waals surface area contributed by atoms with Gasteiger partial charge in [-0.3, -0.25) is 14.2 Å². The van der Waals surface area contributed by atoms with E-state index in [1.807, 2.05) is 6.92 Å². The third-order valence-electron chi connectivity index (χ3n) is 7.68. The summed E-state index contributed by atoms with van der Waals surface area (Å²) in [4.78, 5) is 26.3. The van der Waals surface area contributed by atoms with Gasteiger partial charge in [-0.15, -0.1) is 10.2 Å². The van der Waals surface area contributed by atoms with Crippen LogP contribution in [-0.4, -0.2) is 68.1 Å². The molecule has 0 saturated carbocycles. The molecule has 1 fully saturated rings. The molecule has 2 aliphatic rings. The number of carboxylic acids is 1. The predicted octanol–water partition coefficient (Wildman–Crippen LogP) is 5.43. The number of fused-ring (bicyclic) bond motifs is 3. The largest absolute Gasteiger partial charge is 0.493 e. The highest BCUT2D eigenvalue weighted by molar-refractivity contribution is 9.10. The van der Waals surface area contributed by atoms with Gasteiger partial charge in [-0.1, -0.05) is 23.7 Å². The second-order valence-corrected chi connectivity index (χ2v) is 11.7. The van der Waals surface area contributed by atoms with Gasteiger partial charge in [0.1, 0.15) is 24.6 Å². The van der Waals surface area contributed by atoms with Gasteiger partial charge in [-0.25, -0.2) is 0 Å². The average Bonchev–Trinajstić information content (AvgIpc) is 3.38. The predicted molar refractivity (Wildman–Crippen MR) is 155 cm³/mol. The topological polar surface area (TPSA) is 127 Å². The third kappa shape index (κ3) is 6.40. The summed E-state index contributed by atoms with van der Waals surface area (Å²) in [6.07, 6.45) is -1.16. The molecule has 1 aromatic heterocycles. The van der Waals surface area contributed by atoms with Crippen molar-refractivity contribution in [1.82, 2.24) is 19.7 Å². The number of rotatable bonds is 9. The summed E-state index contributed by atoms with van der Waals surface area (Å²) >= 11 is 10.0. The summed E-state index contributed by atoms with van der Waals surface area (Å²) in [5, 5.41) is 26.8. The molecule has 5 rings (SSSR count). The number of carboxylic acid groups (broad SMARTS) is 1. The molecular formula is C29H30BrClF2N4O6. The number of hydrogen-bond donors (Lipinski definition) is 2. The second kappa shape index (κ2) is 12.8. The van der Waals surface area contributed by atoms with Gasteiger partial charge in [-0.05, 0) is 65.9 Å². The lowest BCUT2D eigenvalue weighted by molar-refractivity contribution is -0.139. The summed E-state index contributed by atoms with van der Waals surface area (Å²) in [5.74, 6) is -5.24. The molecule has 43 heavy (non-hydrogen) atoms. The van der Waals surface area contributed by atoms with Crippen molar-refractivity contribution >= 4 is 39.4 Å². The first-order valence-corrected chi connectivity index (χ1v) is 15.0. The quantitative estimate of drug-likeness (QED) is 0.306. The van der Waals surface area contributed by atoms with Crippen LogP contribution in [0.25, 0.3) is 5.69 Å². The van der Waals surface area contributed by atoms with E-state index in [-0.39, 0.29) is 36.2 Å². The molecule has 2 aromatic carbocycles. The summed E-state index contributed by atoms with van der Waals surface area (Å²) in [5.41, 5.74) is 1.29. The maximum Gasteiger partial charge on any atom is 0.329 e. The van der Waals surface area contributed by atoms with E-state index in [9.17, 15) is 14.7 Å². The van der Waals surface area contributed by atoms with Gasteiger partial charge in [0.25, 0.3) is 0 Å². The minimum atomic E-state index is -3.75. The second-order valence-electron chi connectivity index (χ2n) is 10.5. The van der Waals surface area contributed by atoms with Crippen LogP contribution < -0.4 is 4.74 Å². The molecule has 3 aromatic rings. The minimum Gasteiger partial charge on any atom is -0.493 e. The Morgan fingerprint density at radius 2 is 1.91 bits per heavy atom. The Morgan fingerprint density at radius 1 is 1.16 bits per heavy atom. The number of halogens is 4. The number of aromatic nitrogens is 3. The third-order valence-corrected chi connectivity index (χ3v) is 8.76. The molecule has 3 heterocycles. The van der Waals surface area contributed by atoms with Crippen molar-refractivity contribution in [2.75, 3.05) is 26.3 Å². The number of hydrogen-bond acceptors (Lipinski definition) is 7. The summed E-state index contributed by atoms with van der Waals surface area (Å²) in [6.45, 7) is 1.47. The van der Waals surface area contributed by atoms with Gasteiger partial charge in [0.15, 0.2) is 5.82 Å². The fourth-order valence-electron chi connectivity index (χ4n) is 5.59. The fourth-order valence-corrected chi connectivity index (χ4v) is 6.35. The number of aliphatic hydroxyl groups is 1. The maximum atomic E-state index is 15.1. The van der Waals surface area contributed by atoms with Crippen molar-refractivity contribution in [2.24, 2.45) is 5.92 Å². The highest BCUT2D eigenvalue weighted by atomic mass is 79.9. The van der Waals surface area contributed by atoms with Crippen molar-refractivity contribution in [3.8, 4) is 11.4 Å². The first-order valence-electron chi connectivity index (χ1n) is 13.8. The van der Waals surface area contributed by atoms with Crippen LogP contribution >= 0.6 is 27.5 Å². The van der Waals surface area contributed by atoms with Gasteiger partial charge in [0.2, 0.25) is 11.7 Å². The van der Waals surface area contributed by atoms with Crippen LogP contribution in [0.4, 0.5) is 8.78 Å². The Labute approximate surface area is 259 Å². The molecule has 230 valence electrons. The van der Waals surface area contributed by atoms with Crippen LogP contribution in [-0.2, 0) is 20.2 Å². The number of amides is 1. The zero-order chi connectivity index (χ0) is 30.9. The number of aliphatic carboxylic acids is 1. The standard InChI is InChI=1S/C29H30BrClF2N4O6/c1-2-42-21-5-3-4-18(25(21)30)26-19-13-17(31)6-7-20(19)37-27(34-35-28(37)29(32,33)15-38)22(43-26)14-23(39)36-10-8-16(9-11-36)12-24(40)41/h3-7,13,16,22,26,38H,2,8-12,14-15H2,1H3,(H,40,41)/t22-,26-/m1/s1. The molecular weight excluding hydrogens is 654 g/mol. The van der Waals surface area contributed by atoms with Gasteiger partial charge < -0.3 is 24.6 Å². The summed E-state index contributed by atoms with van der Waals surface area (Å²) < 4.78 is 44.2. The number of carbonyl (C=O) groups is 2. The van der Waals surface area contributed by atoms with Crippen LogP contribution in [0.1, 0.15) is 67.6 Å². The number of alkyl halides is 2. The molecule has 1 saturated heterocycles. The first-order chi connectivity index (χ1) is 20.5. The molecule has 0 aliphatic carbocycles. The first kappa shape index (κ1) is 31.3. The van der Waals surface area contributed by atoms with Gasteiger partial charge in [0.05, 0.1) is 23.2 Å². The molecule has 0 spiro atoms. The molecule has 1 amide bonds. The van der Waals surface area contributed by atoms with E-state index in [0.29, 0.717) is 58.9 Å². The zero-order valence-corrected chi connectivity index (χ0v) is 25.5. The number of carbonyl (C=O) groups excluding carboxylic acids is 1. The normalized spacial score (nSPS) is 19.0. The Kier molecular flexibility index (Phi) is 9.35. The van der Waals surface area contributed by atoms with E-state index in [2.05, 4.69) is 26.1 Å². The number of nitrogens with zero attached hydrogens (tertiary/aromatic N) is 4. The molecule has 2 aliphatic heterocycles. The fraction of sp³-hybridized carbons (Fsp3) is 0.448. The molecule has 0 unspecified atom stereocenters. The lowest BCUT2D eigenvalue weighted by atomic mass is 9.93. The zero-order valence-electron chi connectivity index (χ0n) is 23.2. The van der Waals surface area contributed by atoms with Crippen molar-refractivity contribution in [3.63, 3.8) is 0 Å². The Bertz CT molecular complexity index is 1510. The highest BCUT2D eigenvalue weighted by Crippen LogP contribution is 2.46. The van der Waals surface area contributed by atoms with Crippen molar-refractivity contribution in [2.45, 2.75) is 50.7 Å². The maximum absolute atomic E-state index is 15.1. The van der Waals surface area contributed by atoms with E-state index in [1.165, 1.54) is 0 Å². The average molecular weight is 684 g/mol. The van der Waals surface area contributed by atoms with Gasteiger partial charge in [-0.2, -0.15) is 8.78 Å². The van der Waals surface area contributed by atoms with Crippen molar-refractivity contribution in [3.05, 3.63) is 68.7 Å². The smallest absolute Gasteiger partial charge is 0.329 e. The Hall–Kier alpha value is -3.13. The molecule has 2 atom stereocenters. The lowest BCUT2D eigenvalue weighted by Gasteiger charge is -2.32. The number of likely N-dealkylation sites (tertiary alicyclic amines) is 1. The number of benzene rings is 2. The SMILES string of the molecule is CCOc1cccc([C@H]2O[C@H](CC(=O)N3CCC(CC(=O)O)CC3)c3nnc(C(F)(F)CO)n3-c3ccc(Cl)cc32)c1Br. The van der Waals surface area contributed by atoms with E-state index in [1.54, 1.807) is 41.3 Å².